The first kappa shape index (κ1) is 16.9. The topological polar surface area (TPSA) is 64.4 Å². The van der Waals surface area contributed by atoms with E-state index in [1.165, 1.54) is 24.8 Å². The lowest BCUT2D eigenvalue weighted by atomic mass is 9.65. The van der Waals surface area contributed by atoms with Gasteiger partial charge in [-0.1, -0.05) is 31.5 Å². The summed E-state index contributed by atoms with van der Waals surface area (Å²) in [7, 11) is 0. The summed E-state index contributed by atoms with van der Waals surface area (Å²) in [5.74, 6) is 2.64. The zero-order valence-corrected chi connectivity index (χ0v) is 15.3. The Morgan fingerprint density at radius 3 is 2.60 bits per heavy atom. The van der Waals surface area contributed by atoms with Gasteiger partial charge >= 0.3 is 0 Å². The van der Waals surface area contributed by atoms with Crippen LogP contribution < -0.4 is 15.8 Å². The Hall–Kier alpha value is -1.55. The quantitative estimate of drug-likeness (QED) is 0.886. The van der Waals surface area contributed by atoms with E-state index in [1.807, 2.05) is 18.2 Å². The summed E-state index contributed by atoms with van der Waals surface area (Å²) in [6, 6.07) is 8.51. The fourth-order valence-corrected chi connectivity index (χ4v) is 5.35. The van der Waals surface area contributed by atoms with E-state index in [2.05, 4.69) is 25.2 Å². The van der Waals surface area contributed by atoms with Gasteiger partial charge in [-0.05, 0) is 50.5 Å². The minimum atomic E-state index is 0.00494. The standard InChI is InChI=1S/C21H30N2O2/c1-12-17-8-3-4-9-18(17)25-20(12)13(2)23-21(24)16-10-14-6-5-7-15(11-16)19(14)22/h3-4,8-9,12-16,19-20H,5-7,10-11,22H2,1-2H3,(H,23,24). The van der Waals surface area contributed by atoms with E-state index in [-0.39, 0.29) is 24.0 Å². The van der Waals surface area contributed by atoms with Crippen LogP contribution in [0, 0.1) is 17.8 Å². The summed E-state index contributed by atoms with van der Waals surface area (Å²) in [5, 5.41) is 3.26. The van der Waals surface area contributed by atoms with Crippen LogP contribution in [0.1, 0.15) is 57.4 Å². The van der Waals surface area contributed by atoms with Crippen molar-refractivity contribution in [3.63, 3.8) is 0 Å². The summed E-state index contributed by atoms with van der Waals surface area (Å²) in [5.41, 5.74) is 7.60. The first-order valence-corrected chi connectivity index (χ1v) is 9.86. The van der Waals surface area contributed by atoms with Crippen molar-refractivity contribution in [2.75, 3.05) is 0 Å². The van der Waals surface area contributed by atoms with Gasteiger partial charge in [0.2, 0.25) is 5.91 Å². The molecule has 1 aromatic carbocycles. The van der Waals surface area contributed by atoms with Crippen LogP contribution in [0.15, 0.2) is 24.3 Å². The summed E-state index contributed by atoms with van der Waals surface area (Å²) in [6.45, 7) is 4.25. The summed E-state index contributed by atoms with van der Waals surface area (Å²) in [4.78, 5) is 12.9. The lowest BCUT2D eigenvalue weighted by molar-refractivity contribution is -0.129. The van der Waals surface area contributed by atoms with E-state index in [4.69, 9.17) is 10.5 Å². The Kier molecular flexibility index (Phi) is 4.48. The largest absolute Gasteiger partial charge is 0.487 e. The summed E-state index contributed by atoms with van der Waals surface area (Å²) >= 11 is 0. The van der Waals surface area contributed by atoms with Crippen molar-refractivity contribution in [2.45, 2.75) is 70.1 Å². The normalized spacial score (nSPS) is 37.7. The van der Waals surface area contributed by atoms with E-state index in [1.54, 1.807) is 0 Å². The van der Waals surface area contributed by atoms with Gasteiger partial charge in [0.15, 0.2) is 0 Å². The number of nitrogens with one attached hydrogen (secondary N) is 1. The van der Waals surface area contributed by atoms with Gasteiger partial charge in [0.1, 0.15) is 11.9 Å². The van der Waals surface area contributed by atoms with Crippen molar-refractivity contribution in [2.24, 2.45) is 23.5 Å². The summed E-state index contributed by atoms with van der Waals surface area (Å²) in [6.07, 6.45) is 5.57. The fraction of sp³-hybridized carbons (Fsp3) is 0.667. The third-order valence-electron chi connectivity index (χ3n) is 6.81. The molecular weight excluding hydrogens is 312 g/mol. The molecule has 1 amide bonds. The molecule has 5 unspecified atom stereocenters. The third-order valence-corrected chi connectivity index (χ3v) is 6.81. The van der Waals surface area contributed by atoms with E-state index in [9.17, 15) is 4.79 Å². The van der Waals surface area contributed by atoms with Gasteiger partial charge in [0.25, 0.3) is 0 Å². The molecule has 0 aromatic heterocycles. The summed E-state index contributed by atoms with van der Waals surface area (Å²) < 4.78 is 6.13. The van der Waals surface area contributed by atoms with Gasteiger partial charge in [-0.15, -0.1) is 0 Å². The van der Waals surface area contributed by atoms with Crippen LogP contribution in [0.5, 0.6) is 5.75 Å². The van der Waals surface area contributed by atoms with Crippen molar-refractivity contribution >= 4 is 5.91 Å². The molecule has 2 fully saturated rings. The van der Waals surface area contributed by atoms with Gasteiger partial charge in [0, 0.05) is 23.4 Å². The zero-order chi connectivity index (χ0) is 17.6. The molecule has 4 nitrogen and oxygen atoms in total. The fourth-order valence-electron chi connectivity index (χ4n) is 5.35. The molecule has 136 valence electrons. The van der Waals surface area contributed by atoms with Crippen LogP contribution in [-0.4, -0.2) is 24.1 Å². The highest BCUT2D eigenvalue weighted by atomic mass is 16.5. The molecular formula is C21H30N2O2. The molecule has 5 atom stereocenters. The second-order valence-corrected chi connectivity index (χ2v) is 8.40. The average molecular weight is 342 g/mol. The lowest BCUT2D eigenvalue weighted by Gasteiger charge is -2.43. The first-order chi connectivity index (χ1) is 12.0. The maximum Gasteiger partial charge on any atom is 0.223 e. The molecule has 4 heteroatoms. The number of carbonyl (C=O) groups excluding carboxylic acids is 1. The molecule has 4 rings (SSSR count). The Balaban J connectivity index is 1.38. The highest BCUT2D eigenvalue weighted by Gasteiger charge is 2.42. The van der Waals surface area contributed by atoms with Gasteiger partial charge in [-0.25, -0.2) is 0 Å². The molecule has 0 radical (unpaired) electrons. The molecule has 25 heavy (non-hydrogen) atoms. The van der Waals surface area contributed by atoms with Gasteiger partial charge < -0.3 is 15.8 Å². The molecule has 0 spiro atoms. The van der Waals surface area contributed by atoms with Crippen LogP contribution in [-0.2, 0) is 4.79 Å². The molecule has 2 bridgehead atoms. The van der Waals surface area contributed by atoms with Crippen LogP contribution in [0.2, 0.25) is 0 Å². The third kappa shape index (κ3) is 3.05. The molecule has 1 aliphatic heterocycles. The zero-order valence-electron chi connectivity index (χ0n) is 15.3. The van der Waals surface area contributed by atoms with Crippen LogP contribution in [0.25, 0.3) is 0 Å². The number of carbonyl (C=O) groups is 1. The maximum absolute atomic E-state index is 12.9. The van der Waals surface area contributed by atoms with Gasteiger partial charge in [-0.2, -0.15) is 0 Å². The Labute approximate surface area is 150 Å². The Morgan fingerprint density at radius 1 is 1.24 bits per heavy atom. The van der Waals surface area contributed by atoms with Crippen molar-refractivity contribution < 1.29 is 9.53 Å². The minimum Gasteiger partial charge on any atom is -0.487 e. The smallest absolute Gasteiger partial charge is 0.223 e. The number of fused-ring (bicyclic) bond motifs is 3. The Bertz CT molecular complexity index is 633. The van der Waals surface area contributed by atoms with Gasteiger partial charge in [-0.3, -0.25) is 4.79 Å². The average Bonchev–Trinajstić information content (AvgIpc) is 2.92. The molecule has 2 saturated carbocycles. The number of hydrogen-bond donors (Lipinski definition) is 2. The van der Waals surface area contributed by atoms with Crippen LogP contribution in [0.3, 0.4) is 0 Å². The number of para-hydroxylation sites is 1. The van der Waals surface area contributed by atoms with Crippen LogP contribution in [0.4, 0.5) is 0 Å². The highest BCUT2D eigenvalue weighted by molar-refractivity contribution is 5.79. The van der Waals surface area contributed by atoms with Crippen molar-refractivity contribution in [3.8, 4) is 5.75 Å². The molecule has 2 aliphatic carbocycles. The first-order valence-electron chi connectivity index (χ1n) is 9.86. The van der Waals surface area contributed by atoms with Crippen LogP contribution >= 0.6 is 0 Å². The number of amides is 1. The second kappa shape index (κ2) is 6.64. The predicted molar refractivity (Wildman–Crippen MR) is 98.4 cm³/mol. The number of benzene rings is 1. The molecule has 0 saturated heterocycles. The number of ether oxygens (including phenoxy) is 1. The molecule has 1 heterocycles. The van der Waals surface area contributed by atoms with Crippen molar-refractivity contribution in [3.05, 3.63) is 29.8 Å². The predicted octanol–water partition coefficient (Wildman–Crippen LogP) is 3.21. The van der Waals surface area contributed by atoms with E-state index < -0.39 is 0 Å². The van der Waals surface area contributed by atoms with Crippen molar-refractivity contribution in [1.82, 2.24) is 5.32 Å². The SMILES string of the molecule is CC(NC(=O)C1CC2CCCC(C1)C2N)C1Oc2ccccc2C1C. The number of nitrogens with two attached hydrogens (primary N) is 1. The number of rotatable bonds is 3. The van der Waals surface area contributed by atoms with E-state index in [0.29, 0.717) is 23.8 Å². The molecule has 3 N–H and O–H groups in total. The van der Waals surface area contributed by atoms with Crippen molar-refractivity contribution in [1.29, 1.82) is 0 Å². The monoisotopic (exact) mass is 342 g/mol. The van der Waals surface area contributed by atoms with Gasteiger partial charge in [0.05, 0.1) is 6.04 Å². The second-order valence-electron chi connectivity index (χ2n) is 8.40. The lowest BCUT2D eigenvalue weighted by Crippen LogP contribution is -2.52. The maximum atomic E-state index is 12.9. The number of hydrogen-bond acceptors (Lipinski definition) is 3. The Morgan fingerprint density at radius 2 is 1.92 bits per heavy atom. The molecule has 3 aliphatic rings. The van der Waals surface area contributed by atoms with E-state index in [0.717, 1.165) is 18.6 Å². The van der Waals surface area contributed by atoms with E-state index >= 15 is 0 Å². The highest BCUT2D eigenvalue weighted by Crippen LogP contribution is 2.42. The molecule has 1 aromatic rings. The minimum absolute atomic E-state index is 0.00494.